The third-order valence-corrected chi connectivity index (χ3v) is 5.63. The molecule has 0 unspecified atom stereocenters. The highest BCUT2D eigenvalue weighted by Gasteiger charge is 2.24. The van der Waals surface area contributed by atoms with Gasteiger partial charge in [-0.2, -0.15) is 0 Å². The van der Waals surface area contributed by atoms with Crippen LogP contribution < -0.4 is 4.72 Å². The zero-order chi connectivity index (χ0) is 18.9. The van der Waals surface area contributed by atoms with E-state index in [0.717, 1.165) is 23.5 Å². The summed E-state index contributed by atoms with van der Waals surface area (Å²) >= 11 is 0.802. The molecule has 2 N–H and O–H groups in total. The molecular formula is C14H14FN3O5S2. The molecule has 2 aromatic rings. The van der Waals surface area contributed by atoms with Crippen LogP contribution in [0.1, 0.15) is 25.7 Å². The molecule has 8 nitrogen and oxygen atoms in total. The van der Waals surface area contributed by atoms with Gasteiger partial charge in [-0.15, -0.1) is 0 Å². The number of halogens is 1. The highest BCUT2D eigenvalue weighted by atomic mass is 32.2. The number of sulfonamides is 1. The van der Waals surface area contributed by atoms with Gasteiger partial charge < -0.3 is 10.0 Å². The van der Waals surface area contributed by atoms with Gasteiger partial charge in [0.05, 0.1) is 11.3 Å². The number of carboxylic acids is 1. The van der Waals surface area contributed by atoms with Gasteiger partial charge in [0.2, 0.25) is 0 Å². The zero-order valence-electron chi connectivity index (χ0n) is 13.4. The summed E-state index contributed by atoms with van der Waals surface area (Å²) in [5.41, 5.74) is -0.0540. The van der Waals surface area contributed by atoms with E-state index in [1.165, 1.54) is 25.9 Å². The number of anilines is 1. The lowest BCUT2D eigenvalue weighted by atomic mass is 10.2. The van der Waals surface area contributed by atoms with Gasteiger partial charge in [0.1, 0.15) is 15.6 Å². The number of nitrogens with one attached hydrogen (secondary N) is 1. The fourth-order valence-corrected chi connectivity index (χ4v) is 4.18. The molecule has 0 aliphatic heterocycles. The van der Waals surface area contributed by atoms with Crippen LogP contribution in [0.5, 0.6) is 0 Å². The van der Waals surface area contributed by atoms with Crippen LogP contribution in [0.3, 0.4) is 0 Å². The zero-order valence-corrected chi connectivity index (χ0v) is 15.0. The molecule has 134 valence electrons. The highest BCUT2D eigenvalue weighted by Crippen LogP contribution is 2.27. The molecule has 2 rings (SSSR count). The van der Waals surface area contributed by atoms with Crippen molar-refractivity contribution in [2.45, 2.75) is 11.8 Å². The van der Waals surface area contributed by atoms with E-state index in [0.29, 0.717) is 11.8 Å². The molecule has 0 saturated heterocycles. The summed E-state index contributed by atoms with van der Waals surface area (Å²) in [5.74, 6) is -2.84. The summed E-state index contributed by atoms with van der Waals surface area (Å²) < 4.78 is 40.6. The molecule has 1 amide bonds. The van der Waals surface area contributed by atoms with E-state index in [-0.39, 0.29) is 21.5 Å². The van der Waals surface area contributed by atoms with Crippen LogP contribution in [0.15, 0.2) is 23.1 Å². The van der Waals surface area contributed by atoms with Crippen LogP contribution >= 0.6 is 11.3 Å². The van der Waals surface area contributed by atoms with Crippen LogP contribution in [-0.2, 0) is 10.0 Å². The van der Waals surface area contributed by atoms with E-state index in [4.69, 9.17) is 5.11 Å². The van der Waals surface area contributed by atoms with Crippen molar-refractivity contribution in [3.8, 4) is 0 Å². The number of aromatic nitrogens is 1. The van der Waals surface area contributed by atoms with Crippen molar-refractivity contribution in [2.75, 3.05) is 18.8 Å². The van der Waals surface area contributed by atoms with Crippen molar-refractivity contribution in [1.82, 2.24) is 9.88 Å². The van der Waals surface area contributed by atoms with Crippen LogP contribution in [0.25, 0.3) is 0 Å². The van der Waals surface area contributed by atoms with Crippen molar-refractivity contribution in [3.05, 3.63) is 40.2 Å². The largest absolute Gasteiger partial charge is 0.478 e. The number of carbonyl (C=O) groups is 2. The molecule has 0 atom stereocenters. The minimum atomic E-state index is -4.41. The molecule has 25 heavy (non-hydrogen) atoms. The molecule has 0 fully saturated rings. The number of hydrogen-bond donors (Lipinski definition) is 2. The molecule has 0 radical (unpaired) electrons. The number of nitrogens with zero attached hydrogens (tertiary/aromatic N) is 2. The SMILES string of the molecule is Cc1nc(NS(=O)(=O)c2cc(C(=O)O)ccc2F)sc1C(=O)N(C)C. The van der Waals surface area contributed by atoms with Crippen molar-refractivity contribution >= 4 is 38.4 Å². The fraction of sp³-hybridized carbons (Fsp3) is 0.214. The lowest BCUT2D eigenvalue weighted by molar-refractivity contribution is 0.0696. The lowest BCUT2D eigenvalue weighted by Crippen LogP contribution is -2.21. The quantitative estimate of drug-likeness (QED) is 0.808. The van der Waals surface area contributed by atoms with E-state index in [1.807, 2.05) is 0 Å². The molecule has 11 heteroatoms. The minimum absolute atomic E-state index is 0.122. The molecule has 0 spiro atoms. The molecule has 1 aromatic heterocycles. The molecule has 0 bridgehead atoms. The molecule has 1 aromatic carbocycles. The van der Waals surface area contributed by atoms with E-state index in [2.05, 4.69) is 9.71 Å². The molecule has 1 heterocycles. The van der Waals surface area contributed by atoms with E-state index in [1.54, 1.807) is 0 Å². The Morgan fingerprint density at radius 3 is 2.52 bits per heavy atom. The number of benzene rings is 1. The lowest BCUT2D eigenvalue weighted by Gasteiger charge is -2.08. The van der Waals surface area contributed by atoms with Crippen LogP contribution in [-0.4, -0.2) is 49.4 Å². The van der Waals surface area contributed by atoms with Gasteiger partial charge in [-0.05, 0) is 25.1 Å². The highest BCUT2D eigenvalue weighted by molar-refractivity contribution is 7.93. The fourth-order valence-electron chi connectivity index (χ4n) is 1.85. The van der Waals surface area contributed by atoms with Crippen LogP contribution in [0.2, 0.25) is 0 Å². The Morgan fingerprint density at radius 1 is 1.32 bits per heavy atom. The molecular weight excluding hydrogens is 373 g/mol. The van der Waals surface area contributed by atoms with Crippen molar-refractivity contribution < 1.29 is 27.5 Å². The van der Waals surface area contributed by atoms with Gasteiger partial charge in [0.15, 0.2) is 5.13 Å². The average molecular weight is 387 g/mol. The first kappa shape index (κ1) is 18.8. The van der Waals surface area contributed by atoms with Gasteiger partial charge in [-0.3, -0.25) is 9.52 Å². The molecule has 0 saturated carbocycles. The Morgan fingerprint density at radius 2 is 1.96 bits per heavy atom. The summed E-state index contributed by atoms with van der Waals surface area (Å²) in [6.07, 6.45) is 0. The maximum Gasteiger partial charge on any atom is 0.335 e. The first-order valence-electron chi connectivity index (χ1n) is 6.77. The second-order valence-electron chi connectivity index (χ2n) is 5.19. The number of carboxylic acid groups (broad SMARTS) is 1. The van der Waals surface area contributed by atoms with Gasteiger partial charge in [-0.25, -0.2) is 22.6 Å². The Hall–Kier alpha value is -2.53. The second kappa shape index (κ2) is 6.76. The number of amides is 1. The summed E-state index contributed by atoms with van der Waals surface area (Å²) in [5, 5.41) is 8.80. The van der Waals surface area contributed by atoms with Crippen LogP contribution in [0, 0.1) is 12.7 Å². The molecule has 0 aliphatic rings. The Bertz CT molecular complexity index is 953. The summed E-state index contributed by atoms with van der Waals surface area (Å²) in [6.45, 7) is 1.54. The number of carbonyl (C=O) groups excluding carboxylic acids is 1. The Balaban J connectivity index is 2.40. The monoisotopic (exact) mass is 387 g/mol. The van der Waals surface area contributed by atoms with E-state index in [9.17, 15) is 22.4 Å². The maximum atomic E-state index is 13.9. The van der Waals surface area contributed by atoms with Crippen molar-refractivity contribution in [1.29, 1.82) is 0 Å². The van der Waals surface area contributed by atoms with E-state index < -0.39 is 26.7 Å². The number of aryl methyl sites for hydroxylation is 1. The Labute approximate surface area is 147 Å². The van der Waals surface area contributed by atoms with Crippen molar-refractivity contribution in [2.24, 2.45) is 0 Å². The third kappa shape index (κ3) is 3.94. The second-order valence-corrected chi connectivity index (χ2v) is 7.84. The minimum Gasteiger partial charge on any atom is -0.478 e. The number of thiazole rings is 1. The normalized spacial score (nSPS) is 11.2. The maximum absolute atomic E-state index is 13.9. The predicted molar refractivity (Wildman–Crippen MR) is 89.0 cm³/mol. The van der Waals surface area contributed by atoms with Gasteiger partial charge in [0, 0.05) is 14.1 Å². The number of aromatic carboxylic acids is 1. The van der Waals surface area contributed by atoms with Crippen molar-refractivity contribution in [3.63, 3.8) is 0 Å². The summed E-state index contributed by atoms with van der Waals surface area (Å²) in [6, 6.07) is 2.43. The number of hydrogen-bond acceptors (Lipinski definition) is 6. The van der Waals surface area contributed by atoms with Gasteiger partial charge >= 0.3 is 5.97 Å². The van der Waals surface area contributed by atoms with Gasteiger partial charge in [-0.1, -0.05) is 11.3 Å². The Kier molecular flexibility index (Phi) is 5.09. The summed E-state index contributed by atoms with van der Waals surface area (Å²) in [4.78, 5) is 27.6. The first-order valence-corrected chi connectivity index (χ1v) is 9.07. The number of rotatable bonds is 5. The summed E-state index contributed by atoms with van der Waals surface area (Å²) in [7, 11) is -1.34. The standard InChI is InChI=1S/C14H14FN3O5S2/c1-7-11(12(19)18(2)3)24-14(16-7)17-25(22,23)10-6-8(13(20)21)4-5-9(10)15/h4-6H,1-3H3,(H,16,17)(H,20,21). The smallest absolute Gasteiger partial charge is 0.335 e. The first-order chi connectivity index (χ1) is 11.5. The topological polar surface area (TPSA) is 117 Å². The van der Waals surface area contributed by atoms with E-state index >= 15 is 0 Å². The average Bonchev–Trinajstić information content (AvgIpc) is 2.85. The molecule has 0 aliphatic carbocycles. The van der Waals surface area contributed by atoms with Crippen LogP contribution in [0.4, 0.5) is 9.52 Å². The third-order valence-electron chi connectivity index (χ3n) is 3.09. The predicted octanol–water partition coefficient (Wildman–Crippen LogP) is 1.79. The van der Waals surface area contributed by atoms with Gasteiger partial charge in [0.25, 0.3) is 15.9 Å².